The van der Waals surface area contributed by atoms with E-state index >= 15 is 0 Å². The molecule has 1 saturated heterocycles. The Morgan fingerprint density at radius 2 is 2.05 bits per heavy atom. The van der Waals surface area contributed by atoms with Crippen LogP contribution in [0, 0.1) is 0 Å². The Balaban J connectivity index is 2.07. The summed E-state index contributed by atoms with van der Waals surface area (Å²) < 4.78 is 0. The third kappa shape index (κ3) is 3.33. The fourth-order valence-electron chi connectivity index (χ4n) is 2.66. The topological polar surface area (TPSA) is 58.4 Å². The highest BCUT2D eigenvalue weighted by atomic mass is 16.2. The van der Waals surface area contributed by atoms with Crippen molar-refractivity contribution in [2.45, 2.75) is 51.7 Å². The van der Waals surface area contributed by atoms with Gasteiger partial charge >= 0.3 is 0 Å². The molecule has 0 radical (unpaired) electrons. The van der Waals surface area contributed by atoms with Crippen molar-refractivity contribution in [1.29, 1.82) is 0 Å². The highest BCUT2D eigenvalue weighted by molar-refractivity contribution is 5.94. The molecule has 4 nitrogen and oxygen atoms in total. The minimum Gasteiger partial charge on any atom is -0.326 e. The predicted molar refractivity (Wildman–Crippen MR) is 76.4 cm³/mol. The van der Waals surface area contributed by atoms with E-state index in [4.69, 9.17) is 5.73 Å². The molecule has 1 fully saturated rings. The summed E-state index contributed by atoms with van der Waals surface area (Å²) in [5.41, 5.74) is 10.3. The summed E-state index contributed by atoms with van der Waals surface area (Å²) >= 11 is 0. The van der Waals surface area contributed by atoms with Gasteiger partial charge in [0, 0.05) is 24.2 Å². The Morgan fingerprint density at radius 1 is 1.37 bits per heavy atom. The van der Waals surface area contributed by atoms with Gasteiger partial charge in [-0.3, -0.25) is 10.2 Å². The molecule has 104 valence electrons. The molecular weight excluding hydrogens is 238 g/mol. The van der Waals surface area contributed by atoms with Crippen molar-refractivity contribution in [3.63, 3.8) is 0 Å². The number of nitrogens with two attached hydrogens (primary N) is 1. The summed E-state index contributed by atoms with van der Waals surface area (Å²) in [6.45, 7) is 4.77. The quantitative estimate of drug-likeness (QED) is 0.875. The fraction of sp³-hybridized carbons (Fsp3) is 0.533. The Morgan fingerprint density at radius 3 is 2.68 bits per heavy atom. The molecule has 19 heavy (non-hydrogen) atoms. The van der Waals surface area contributed by atoms with E-state index < -0.39 is 0 Å². The molecule has 1 heterocycles. The van der Waals surface area contributed by atoms with Gasteiger partial charge in [0.05, 0.1) is 0 Å². The summed E-state index contributed by atoms with van der Waals surface area (Å²) in [7, 11) is 0. The summed E-state index contributed by atoms with van der Waals surface area (Å²) in [4.78, 5) is 12.3. The van der Waals surface area contributed by atoms with Gasteiger partial charge in [-0.05, 0) is 44.4 Å². The first-order valence-corrected chi connectivity index (χ1v) is 7.00. The fourth-order valence-corrected chi connectivity index (χ4v) is 2.66. The van der Waals surface area contributed by atoms with E-state index in [1.807, 2.05) is 24.3 Å². The van der Waals surface area contributed by atoms with Crippen LogP contribution in [-0.2, 0) is 6.54 Å². The lowest BCUT2D eigenvalue weighted by Crippen LogP contribution is -2.54. The van der Waals surface area contributed by atoms with Crippen molar-refractivity contribution in [3.8, 4) is 0 Å². The van der Waals surface area contributed by atoms with Gasteiger partial charge in [-0.25, -0.2) is 5.01 Å². The van der Waals surface area contributed by atoms with Crippen LogP contribution >= 0.6 is 0 Å². The molecule has 4 heteroatoms. The molecule has 1 aromatic carbocycles. The van der Waals surface area contributed by atoms with E-state index in [1.165, 1.54) is 6.42 Å². The van der Waals surface area contributed by atoms with Gasteiger partial charge < -0.3 is 5.73 Å². The first-order chi connectivity index (χ1) is 9.11. The van der Waals surface area contributed by atoms with Crippen LogP contribution in [0.15, 0.2) is 24.3 Å². The molecule has 0 bridgehead atoms. The van der Waals surface area contributed by atoms with Crippen LogP contribution in [0.25, 0.3) is 0 Å². The monoisotopic (exact) mass is 261 g/mol. The third-order valence-corrected chi connectivity index (χ3v) is 3.85. The molecule has 1 aliphatic rings. The van der Waals surface area contributed by atoms with E-state index in [0.717, 1.165) is 18.4 Å². The number of nitrogens with zero attached hydrogens (tertiary/aromatic N) is 1. The van der Waals surface area contributed by atoms with Gasteiger partial charge in [-0.15, -0.1) is 0 Å². The van der Waals surface area contributed by atoms with Crippen LogP contribution in [0.3, 0.4) is 0 Å². The maximum absolute atomic E-state index is 12.3. The zero-order valence-electron chi connectivity index (χ0n) is 11.7. The third-order valence-electron chi connectivity index (χ3n) is 3.85. The molecule has 2 atom stereocenters. The van der Waals surface area contributed by atoms with Gasteiger partial charge in [0.2, 0.25) is 0 Å². The average molecular weight is 261 g/mol. The van der Waals surface area contributed by atoms with Crippen LogP contribution in [0.4, 0.5) is 0 Å². The number of hydrogen-bond donors (Lipinski definition) is 2. The standard InChI is InChI=1S/C15H23N3O/c1-11-5-3-6-12(2)18(11)17-15(19)14-8-4-7-13(9-14)10-16/h4,7-9,11-12H,3,5-6,10,16H2,1-2H3,(H,17,19). The number of hydrogen-bond acceptors (Lipinski definition) is 3. The summed E-state index contributed by atoms with van der Waals surface area (Å²) in [5, 5.41) is 2.08. The molecule has 0 spiro atoms. The summed E-state index contributed by atoms with van der Waals surface area (Å²) in [6, 6.07) is 8.28. The maximum Gasteiger partial charge on any atom is 0.265 e. The maximum atomic E-state index is 12.3. The number of benzene rings is 1. The minimum atomic E-state index is -0.0455. The van der Waals surface area contributed by atoms with Gasteiger partial charge in [0.25, 0.3) is 5.91 Å². The molecular formula is C15H23N3O. The van der Waals surface area contributed by atoms with Crippen LogP contribution in [-0.4, -0.2) is 23.0 Å². The molecule has 2 unspecified atom stereocenters. The highest BCUT2D eigenvalue weighted by Gasteiger charge is 2.26. The second-order valence-corrected chi connectivity index (χ2v) is 5.38. The van der Waals surface area contributed by atoms with Crippen LogP contribution in [0.1, 0.15) is 49.0 Å². The SMILES string of the molecule is CC1CCCC(C)N1NC(=O)c1cccc(CN)c1. The number of piperidine rings is 1. The van der Waals surface area contributed by atoms with E-state index in [2.05, 4.69) is 24.3 Å². The van der Waals surface area contributed by atoms with E-state index in [-0.39, 0.29) is 5.91 Å². The first-order valence-electron chi connectivity index (χ1n) is 7.00. The van der Waals surface area contributed by atoms with Crippen LogP contribution < -0.4 is 11.2 Å². The molecule has 3 N–H and O–H groups in total. The van der Waals surface area contributed by atoms with Gasteiger partial charge in [-0.2, -0.15) is 0 Å². The van der Waals surface area contributed by atoms with Gasteiger partial charge in [0.1, 0.15) is 0 Å². The molecule has 0 aromatic heterocycles. The Labute approximate surface area is 114 Å². The zero-order valence-corrected chi connectivity index (χ0v) is 11.7. The van der Waals surface area contributed by atoms with Crippen molar-refractivity contribution in [1.82, 2.24) is 10.4 Å². The zero-order chi connectivity index (χ0) is 13.8. The summed E-state index contributed by atoms with van der Waals surface area (Å²) in [5.74, 6) is -0.0455. The normalized spacial score (nSPS) is 24.2. The van der Waals surface area contributed by atoms with Crippen molar-refractivity contribution in [2.75, 3.05) is 0 Å². The number of amides is 1. The Hall–Kier alpha value is -1.39. The van der Waals surface area contributed by atoms with E-state index in [9.17, 15) is 4.79 Å². The number of carbonyl (C=O) groups excluding carboxylic acids is 1. The lowest BCUT2D eigenvalue weighted by atomic mass is 10.00. The van der Waals surface area contributed by atoms with E-state index in [1.54, 1.807) is 0 Å². The Kier molecular flexibility index (Phi) is 4.56. The Bertz CT molecular complexity index is 437. The highest BCUT2D eigenvalue weighted by Crippen LogP contribution is 2.20. The lowest BCUT2D eigenvalue weighted by Gasteiger charge is -2.38. The number of carbonyl (C=O) groups is 1. The second kappa shape index (κ2) is 6.17. The van der Waals surface area contributed by atoms with Crippen molar-refractivity contribution < 1.29 is 4.79 Å². The minimum absolute atomic E-state index is 0.0455. The smallest absolute Gasteiger partial charge is 0.265 e. The van der Waals surface area contributed by atoms with Gasteiger partial charge in [-0.1, -0.05) is 18.6 Å². The number of rotatable bonds is 3. The molecule has 0 aliphatic carbocycles. The largest absolute Gasteiger partial charge is 0.326 e. The van der Waals surface area contributed by atoms with Crippen molar-refractivity contribution >= 4 is 5.91 Å². The molecule has 1 amide bonds. The van der Waals surface area contributed by atoms with Gasteiger partial charge in [0.15, 0.2) is 0 Å². The van der Waals surface area contributed by atoms with Crippen molar-refractivity contribution in [2.24, 2.45) is 5.73 Å². The van der Waals surface area contributed by atoms with Crippen molar-refractivity contribution in [3.05, 3.63) is 35.4 Å². The molecule has 1 aromatic rings. The first kappa shape index (κ1) is 14.0. The summed E-state index contributed by atoms with van der Waals surface area (Å²) in [6.07, 6.45) is 3.50. The number of hydrazine groups is 1. The molecule has 0 saturated carbocycles. The van der Waals surface area contributed by atoms with Crippen LogP contribution in [0.2, 0.25) is 0 Å². The van der Waals surface area contributed by atoms with E-state index in [0.29, 0.717) is 24.2 Å². The lowest BCUT2D eigenvalue weighted by molar-refractivity contribution is 0.0369. The number of nitrogens with one attached hydrogen (secondary N) is 1. The second-order valence-electron chi connectivity index (χ2n) is 5.38. The average Bonchev–Trinajstić information content (AvgIpc) is 2.43. The van der Waals surface area contributed by atoms with Crippen LogP contribution in [0.5, 0.6) is 0 Å². The molecule has 2 rings (SSSR count). The predicted octanol–water partition coefficient (Wildman–Crippen LogP) is 2.05. The molecule has 1 aliphatic heterocycles.